The fourth-order valence-electron chi connectivity index (χ4n) is 3.24. The quantitative estimate of drug-likeness (QED) is 0.385. The van der Waals surface area contributed by atoms with Crippen molar-refractivity contribution in [2.75, 3.05) is 20.0 Å². The van der Waals surface area contributed by atoms with Crippen molar-refractivity contribution in [1.82, 2.24) is 10.7 Å². The van der Waals surface area contributed by atoms with Gasteiger partial charge < -0.3 is 24.3 Å². The molecule has 0 aromatic heterocycles. The van der Waals surface area contributed by atoms with Crippen molar-refractivity contribution < 1.29 is 28.5 Å². The molecule has 9 heteroatoms. The summed E-state index contributed by atoms with van der Waals surface area (Å²) in [5.74, 6) is 1.39. The normalized spacial score (nSPS) is 13.1. The summed E-state index contributed by atoms with van der Waals surface area (Å²) in [6.45, 7) is 8.84. The molecule has 3 rings (SSSR count). The maximum atomic E-state index is 12.7. The van der Waals surface area contributed by atoms with E-state index < -0.39 is 11.9 Å². The average molecular weight is 470 g/mol. The van der Waals surface area contributed by atoms with Crippen LogP contribution in [-0.2, 0) is 4.79 Å². The Labute approximate surface area is 199 Å². The summed E-state index contributed by atoms with van der Waals surface area (Å²) in [6.07, 6.45) is 2.41. The Bertz CT molecular complexity index is 1040. The molecule has 2 aromatic carbocycles. The van der Waals surface area contributed by atoms with Crippen LogP contribution in [-0.4, -0.2) is 44.1 Å². The van der Waals surface area contributed by atoms with Gasteiger partial charge in [-0.25, -0.2) is 5.43 Å². The molecule has 2 N–H and O–H groups in total. The van der Waals surface area contributed by atoms with Gasteiger partial charge in [-0.1, -0.05) is 20.8 Å². The highest BCUT2D eigenvalue weighted by atomic mass is 16.7. The fraction of sp³-hybridized carbons (Fsp3) is 0.400. The molecule has 34 heavy (non-hydrogen) atoms. The van der Waals surface area contributed by atoms with Crippen molar-refractivity contribution in [2.24, 2.45) is 11.0 Å². The van der Waals surface area contributed by atoms with E-state index in [4.69, 9.17) is 18.9 Å². The molecule has 1 aliphatic heterocycles. The fourth-order valence-corrected chi connectivity index (χ4v) is 3.24. The van der Waals surface area contributed by atoms with Crippen LogP contribution in [0.2, 0.25) is 0 Å². The molecule has 0 fully saturated rings. The SMILES string of the molecule is CCCOc1ccc(/C=N/NC(=O)C(NC(=O)c2ccc3c(c2)OCO3)C(C)C)cc1OCC. The molecule has 1 atom stereocenters. The minimum atomic E-state index is -0.779. The van der Waals surface area contributed by atoms with Crippen LogP contribution in [0, 0.1) is 5.92 Å². The highest BCUT2D eigenvalue weighted by Crippen LogP contribution is 2.32. The third-order valence-electron chi connectivity index (χ3n) is 4.99. The molecule has 1 aliphatic rings. The van der Waals surface area contributed by atoms with Crippen molar-refractivity contribution in [2.45, 2.75) is 40.2 Å². The average Bonchev–Trinajstić information content (AvgIpc) is 3.29. The predicted octanol–water partition coefficient (Wildman–Crippen LogP) is 3.51. The van der Waals surface area contributed by atoms with Crippen molar-refractivity contribution in [3.05, 3.63) is 47.5 Å². The first-order chi connectivity index (χ1) is 16.4. The van der Waals surface area contributed by atoms with E-state index in [1.54, 1.807) is 24.3 Å². The van der Waals surface area contributed by atoms with E-state index in [1.165, 1.54) is 6.21 Å². The lowest BCUT2D eigenvalue weighted by atomic mass is 10.0. The van der Waals surface area contributed by atoms with Crippen LogP contribution in [0.4, 0.5) is 0 Å². The lowest BCUT2D eigenvalue weighted by Gasteiger charge is -2.20. The van der Waals surface area contributed by atoms with Gasteiger partial charge in [0.05, 0.1) is 19.4 Å². The zero-order valence-corrected chi connectivity index (χ0v) is 19.9. The van der Waals surface area contributed by atoms with Gasteiger partial charge in [-0.05, 0) is 61.2 Å². The lowest BCUT2D eigenvalue weighted by molar-refractivity contribution is -0.123. The largest absolute Gasteiger partial charge is 0.490 e. The van der Waals surface area contributed by atoms with Crippen LogP contribution in [0.25, 0.3) is 0 Å². The van der Waals surface area contributed by atoms with Gasteiger partial charge in [0.1, 0.15) is 6.04 Å². The van der Waals surface area contributed by atoms with E-state index in [0.29, 0.717) is 41.8 Å². The van der Waals surface area contributed by atoms with Gasteiger partial charge in [-0.15, -0.1) is 0 Å². The molecule has 0 radical (unpaired) electrons. The summed E-state index contributed by atoms with van der Waals surface area (Å²) in [4.78, 5) is 25.5. The molecule has 0 aliphatic carbocycles. The molecule has 2 amide bonds. The second-order valence-electron chi connectivity index (χ2n) is 7.99. The van der Waals surface area contributed by atoms with Crippen LogP contribution in [0.15, 0.2) is 41.5 Å². The number of carbonyl (C=O) groups excluding carboxylic acids is 2. The Balaban J connectivity index is 1.63. The zero-order valence-electron chi connectivity index (χ0n) is 19.9. The van der Waals surface area contributed by atoms with Crippen LogP contribution < -0.4 is 29.7 Å². The van der Waals surface area contributed by atoms with E-state index in [2.05, 4.69) is 15.8 Å². The van der Waals surface area contributed by atoms with Crippen LogP contribution in [0.5, 0.6) is 23.0 Å². The molecule has 9 nitrogen and oxygen atoms in total. The highest BCUT2D eigenvalue weighted by Gasteiger charge is 2.25. The molecule has 0 bridgehead atoms. The number of hydrogen-bond donors (Lipinski definition) is 2. The third kappa shape index (κ3) is 6.40. The third-order valence-corrected chi connectivity index (χ3v) is 4.99. The summed E-state index contributed by atoms with van der Waals surface area (Å²) in [7, 11) is 0. The van der Waals surface area contributed by atoms with E-state index in [9.17, 15) is 9.59 Å². The summed E-state index contributed by atoms with van der Waals surface area (Å²) < 4.78 is 21.9. The van der Waals surface area contributed by atoms with Gasteiger partial charge in [-0.2, -0.15) is 5.10 Å². The molecule has 182 valence electrons. The van der Waals surface area contributed by atoms with Gasteiger partial charge in [0.2, 0.25) is 6.79 Å². The second kappa shape index (κ2) is 11.9. The van der Waals surface area contributed by atoms with Crippen LogP contribution >= 0.6 is 0 Å². The van der Waals surface area contributed by atoms with Crippen molar-refractivity contribution in [1.29, 1.82) is 0 Å². The van der Waals surface area contributed by atoms with E-state index in [0.717, 1.165) is 12.0 Å². The first-order valence-corrected chi connectivity index (χ1v) is 11.4. The smallest absolute Gasteiger partial charge is 0.262 e. The van der Waals surface area contributed by atoms with Gasteiger partial charge in [0, 0.05) is 5.56 Å². The van der Waals surface area contributed by atoms with E-state index >= 15 is 0 Å². The first-order valence-electron chi connectivity index (χ1n) is 11.4. The van der Waals surface area contributed by atoms with Gasteiger partial charge in [-0.3, -0.25) is 9.59 Å². The number of ether oxygens (including phenoxy) is 4. The van der Waals surface area contributed by atoms with Gasteiger partial charge in [0.15, 0.2) is 23.0 Å². The van der Waals surface area contributed by atoms with Crippen LogP contribution in [0.1, 0.15) is 50.0 Å². The summed E-state index contributed by atoms with van der Waals surface area (Å²) in [5, 5.41) is 6.82. The van der Waals surface area contributed by atoms with Crippen molar-refractivity contribution in [3.8, 4) is 23.0 Å². The topological polar surface area (TPSA) is 107 Å². The summed E-state index contributed by atoms with van der Waals surface area (Å²) in [5.41, 5.74) is 3.62. The highest BCUT2D eigenvalue weighted by molar-refractivity contribution is 5.98. The molecule has 0 spiro atoms. The standard InChI is InChI=1S/C25H31N3O6/c1-5-11-32-19-9-7-17(12-21(19)31-6-2)14-26-28-25(30)23(16(3)4)27-24(29)18-8-10-20-22(13-18)34-15-33-20/h7-10,12-14,16,23H,5-6,11,15H2,1-4H3,(H,27,29)(H,28,30)/b26-14+. The maximum absolute atomic E-state index is 12.7. The van der Waals surface area contributed by atoms with E-state index in [-0.39, 0.29) is 18.6 Å². The van der Waals surface area contributed by atoms with Gasteiger partial charge >= 0.3 is 0 Å². The molecule has 0 saturated carbocycles. The Kier molecular flexibility index (Phi) is 8.73. The Hall–Kier alpha value is -3.75. The number of benzene rings is 2. The Morgan fingerprint density at radius 2 is 1.85 bits per heavy atom. The predicted molar refractivity (Wildman–Crippen MR) is 128 cm³/mol. The number of hydrogen-bond acceptors (Lipinski definition) is 7. The minimum Gasteiger partial charge on any atom is -0.490 e. The maximum Gasteiger partial charge on any atom is 0.262 e. The van der Waals surface area contributed by atoms with Gasteiger partial charge in [0.25, 0.3) is 11.8 Å². The number of carbonyl (C=O) groups is 2. The van der Waals surface area contributed by atoms with Crippen molar-refractivity contribution >= 4 is 18.0 Å². The number of nitrogens with zero attached hydrogens (tertiary/aromatic N) is 1. The number of fused-ring (bicyclic) bond motifs is 1. The minimum absolute atomic E-state index is 0.121. The lowest BCUT2D eigenvalue weighted by Crippen LogP contribution is -2.48. The molecule has 1 unspecified atom stereocenters. The Morgan fingerprint density at radius 3 is 2.59 bits per heavy atom. The number of amides is 2. The molecular weight excluding hydrogens is 438 g/mol. The Morgan fingerprint density at radius 1 is 1.06 bits per heavy atom. The molecular formula is C25H31N3O6. The molecule has 0 saturated heterocycles. The number of rotatable bonds is 11. The summed E-state index contributed by atoms with van der Waals surface area (Å²) >= 11 is 0. The second-order valence-corrected chi connectivity index (χ2v) is 7.99. The molecule has 1 heterocycles. The monoisotopic (exact) mass is 469 g/mol. The zero-order chi connectivity index (χ0) is 24.5. The molecule has 2 aromatic rings. The van der Waals surface area contributed by atoms with E-state index in [1.807, 2.05) is 39.8 Å². The van der Waals surface area contributed by atoms with Crippen LogP contribution in [0.3, 0.4) is 0 Å². The summed E-state index contributed by atoms with van der Waals surface area (Å²) in [6, 6.07) is 9.54. The first kappa shape index (κ1) is 24.9. The number of nitrogens with one attached hydrogen (secondary N) is 2. The number of hydrazone groups is 1. The van der Waals surface area contributed by atoms with Crippen molar-refractivity contribution in [3.63, 3.8) is 0 Å².